The molecule has 0 aliphatic carbocycles. The summed E-state index contributed by atoms with van der Waals surface area (Å²) in [5, 5.41) is 5.61. The number of hydrogen-bond acceptors (Lipinski definition) is 4. The average Bonchev–Trinajstić information content (AvgIpc) is 2.62. The Morgan fingerprint density at radius 1 is 1.12 bits per heavy atom. The zero-order valence-corrected chi connectivity index (χ0v) is 14.0. The summed E-state index contributed by atoms with van der Waals surface area (Å²) in [6.07, 6.45) is 3.71. The molecule has 6 heteroatoms. The van der Waals surface area contributed by atoms with Gasteiger partial charge in [0.1, 0.15) is 5.75 Å². The summed E-state index contributed by atoms with van der Waals surface area (Å²) in [6, 6.07) is 8.58. The maximum Gasteiger partial charge on any atom is 0.257 e. The Morgan fingerprint density at radius 3 is 2.33 bits per heavy atom. The molecule has 2 aromatic rings. The number of anilines is 1. The van der Waals surface area contributed by atoms with Gasteiger partial charge in [-0.2, -0.15) is 0 Å². The molecule has 2 rings (SSSR count). The highest BCUT2D eigenvalue weighted by atomic mass is 16.5. The topological polar surface area (TPSA) is 80.3 Å². The number of amides is 2. The minimum absolute atomic E-state index is 0.0641. The van der Waals surface area contributed by atoms with E-state index in [-0.39, 0.29) is 17.9 Å². The van der Waals surface area contributed by atoms with Crippen molar-refractivity contribution in [2.75, 3.05) is 12.4 Å². The molecule has 1 atom stereocenters. The van der Waals surface area contributed by atoms with E-state index in [4.69, 9.17) is 4.74 Å². The smallest absolute Gasteiger partial charge is 0.257 e. The second-order valence-corrected chi connectivity index (χ2v) is 5.43. The SMILES string of the molecule is CCC(C)NC(=O)c1cncc(C(=O)Nc2ccc(OC)cc2)c1. The quantitative estimate of drug-likeness (QED) is 0.855. The van der Waals surface area contributed by atoms with Crippen molar-refractivity contribution in [3.8, 4) is 5.75 Å². The van der Waals surface area contributed by atoms with E-state index in [9.17, 15) is 9.59 Å². The second kappa shape index (κ2) is 8.10. The highest BCUT2D eigenvalue weighted by Crippen LogP contribution is 2.16. The predicted octanol–water partition coefficient (Wildman–Crippen LogP) is 2.87. The third kappa shape index (κ3) is 4.55. The van der Waals surface area contributed by atoms with Gasteiger partial charge in [-0.3, -0.25) is 14.6 Å². The van der Waals surface area contributed by atoms with Crippen molar-refractivity contribution in [1.29, 1.82) is 0 Å². The molecule has 1 unspecified atom stereocenters. The molecule has 0 aliphatic rings. The van der Waals surface area contributed by atoms with Crippen molar-refractivity contribution >= 4 is 17.5 Å². The van der Waals surface area contributed by atoms with Crippen LogP contribution in [0.2, 0.25) is 0 Å². The van der Waals surface area contributed by atoms with E-state index in [2.05, 4.69) is 15.6 Å². The molecule has 24 heavy (non-hydrogen) atoms. The summed E-state index contributed by atoms with van der Waals surface area (Å²) >= 11 is 0. The molecule has 1 aromatic carbocycles. The fourth-order valence-electron chi connectivity index (χ4n) is 1.98. The maximum atomic E-state index is 12.3. The van der Waals surface area contributed by atoms with Crippen molar-refractivity contribution in [3.63, 3.8) is 0 Å². The molecule has 6 nitrogen and oxygen atoms in total. The maximum absolute atomic E-state index is 12.3. The monoisotopic (exact) mass is 327 g/mol. The molecule has 2 N–H and O–H groups in total. The minimum atomic E-state index is -0.328. The number of hydrogen-bond donors (Lipinski definition) is 2. The van der Waals surface area contributed by atoms with Gasteiger partial charge in [-0.25, -0.2) is 0 Å². The largest absolute Gasteiger partial charge is 0.497 e. The van der Waals surface area contributed by atoms with Crippen molar-refractivity contribution in [2.24, 2.45) is 0 Å². The van der Waals surface area contributed by atoms with Crippen LogP contribution >= 0.6 is 0 Å². The fraction of sp³-hybridized carbons (Fsp3) is 0.278. The van der Waals surface area contributed by atoms with Gasteiger partial charge in [-0.15, -0.1) is 0 Å². The molecular formula is C18H21N3O3. The Kier molecular flexibility index (Phi) is 5.89. The highest BCUT2D eigenvalue weighted by Gasteiger charge is 2.13. The van der Waals surface area contributed by atoms with Gasteiger partial charge in [0.05, 0.1) is 18.2 Å². The van der Waals surface area contributed by atoms with Crippen molar-refractivity contribution in [2.45, 2.75) is 26.3 Å². The molecule has 0 bridgehead atoms. The Hall–Kier alpha value is -2.89. The van der Waals surface area contributed by atoms with E-state index in [0.29, 0.717) is 22.6 Å². The fourth-order valence-corrected chi connectivity index (χ4v) is 1.98. The van der Waals surface area contributed by atoms with Crippen LogP contribution in [0.15, 0.2) is 42.7 Å². The summed E-state index contributed by atoms with van der Waals surface area (Å²) in [5.41, 5.74) is 1.32. The average molecular weight is 327 g/mol. The lowest BCUT2D eigenvalue weighted by Gasteiger charge is -2.11. The summed E-state index contributed by atoms with van der Waals surface area (Å²) in [6.45, 7) is 3.91. The lowest BCUT2D eigenvalue weighted by Crippen LogP contribution is -2.32. The summed E-state index contributed by atoms with van der Waals surface area (Å²) in [5.74, 6) is 0.139. The first kappa shape index (κ1) is 17.5. The van der Waals surface area contributed by atoms with Gasteiger partial charge in [0.15, 0.2) is 0 Å². The van der Waals surface area contributed by atoms with Crippen LogP contribution in [0.25, 0.3) is 0 Å². The van der Waals surface area contributed by atoms with Crippen LogP contribution in [-0.4, -0.2) is 29.9 Å². The van der Waals surface area contributed by atoms with Gasteiger partial charge >= 0.3 is 0 Å². The third-order valence-corrected chi connectivity index (χ3v) is 3.60. The van der Waals surface area contributed by atoms with Gasteiger partial charge in [0.2, 0.25) is 0 Å². The zero-order valence-electron chi connectivity index (χ0n) is 14.0. The lowest BCUT2D eigenvalue weighted by atomic mass is 10.1. The number of aromatic nitrogens is 1. The number of carbonyl (C=O) groups excluding carboxylic acids is 2. The van der Waals surface area contributed by atoms with Crippen molar-refractivity contribution < 1.29 is 14.3 Å². The number of methoxy groups -OCH3 is 1. The van der Waals surface area contributed by atoms with Crippen molar-refractivity contribution in [1.82, 2.24) is 10.3 Å². The molecule has 1 aromatic heterocycles. The number of rotatable bonds is 6. The minimum Gasteiger partial charge on any atom is -0.497 e. The van der Waals surface area contributed by atoms with E-state index >= 15 is 0 Å². The summed E-state index contributed by atoms with van der Waals surface area (Å²) in [7, 11) is 1.58. The van der Waals surface area contributed by atoms with Crippen LogP contribution in [0.1, 0.15) is 41.0 Å². The van der Waals surface area contributed by atoms with E-state index < -0.39 is 0 Å². The van der Waals surface area contributed by atoms with Gasteiger partial charge in [-0.05, 0) is 43.7 Å². The zero-order chi connectivity index (χ0) is 17.5. The Labute approximate surface area is 141 Å². The van der Waals surface area contributed by atoms with Gasteiger partial charge < -0.3 is 15.4 Å². The number of nitrogens with one attached hydrogen (secondary N) is 2. The van der Waals surface area contributed by atoms with E-state index in [0.717, 1.165) is 6.42 Å². The Morgan fingerprint density at radius 2 is 1.75 bits per heavy atom. The molecule has 0 saturated carbocycles. The van der Waals surface area contributed by atoms with Crippen LogP contribution < -0.4 is 15.4 Å². The standard InChI is InChI=1S/C18H21N3O3/c1-4-12(2)20-17(22)13-9-14(11-19-10-13)18(23)21-15-5-7-16(24-3)8-6-15/h5-12H,4H2,1-3H3,(H,20,22)(H,21,23). The van der Waals surface area contributed by atoms with Crippen LogP contribution in [0.4, 0.5) is 5.69 Å². The van der Waals surface area contributed by atoms with E-state index in [1.165, 1.54) is 18.5 Å². The molecule has 126 valence electrons. The molecule has 2 amide bonds. The third-order valence-electron chi connectivity index (χ3n) is 3.60. The lowest BCUT2D eigenvalue weighted by molar-refractivity contribution is 0.0939. The Balaban J connectivity index is 2.09. The van der Waals surface area contributed by atoms with Crippen LogP contribution in [0.5, 0.6) is 5.75 Å². The first-order chi connectivity index (χ1) is 11.5. The van der Waals surface area contributed by atoms with Gasteiger partial charge in [0.25, 0.3) is 11.8 Å². The van der Waals surface area contributed by atoms with Gasteiger partial charge in [0, 0.05) is 24.1 Å². The number of benzene rings is 1. The normalized spacial score (nSPS) is 11.5. The molecular weight excluding hydrogens is 306 g/mol. The van der Waals surface area contributed by atoms with E-state index in [1.807, 2.05) is 13.8 Å². The van der Waals surface area contributed by atoms with Gasteiger partial charge in [-0.1, -0.05) is 6.92 Å². The number of nitrogens with zero attached hydrogens (tertiary/aromatic N) is 1. The van der Waals surface area contributed by atoms with Crippen LogP contribution in [-0.2, 0) is 0 Å². The van der Waals surface area contributed by atoms with Crippen molar-refractivity contribution in [3.05, 3.63) is 53.9 Å². The number of pyridine rings is 1. The molecule has 0 spiro atoms. The molecule has 0 saturated heterocycles. The van der Waals surface area contributed by atoms with Crippen LogP contribution in [0.3, 0.4) is 0 Å². The first-order valence-corrected chi connectivity index (χ1v) is 7.74. The molecule has 0 radical (unpaired) electrons. The molecule has 0 aliphatic heterocycles. The summed E-state index contributed by atoms with van der Waals surface area (Å²) < 4.78 is 5.07. The number of carbonyl (C=O) groups is 2. The highest BCUT2D eigenvalue weighted by molar-refractivity contribution is 6.05. The molecule has 1 heterocycles. The second-order valence-electron chi connectivity index (χ2n) is 5.43. The van der Waals surface area contributed by atoms with Crippen LogP contribution in [0, 0.1) is 0 Å². The molecule has 0 fully saturated rings. The number of ether oxygens (including phenoxy) is 1. The predicted molar refractivity (Wildman–Crippen MR) is 92.4 cm³/mol. The first-order valence-electron chi connectivity index (χ1n) is 7.74. The Bertz CT molecular complexity index is 714. The van der Waals surface area contributed by atoms with E-state index in [1.54, 1.807) is 31.4 Å². The summed E-state index contributed by atoms with van der Waals surface area (Å²) in [4.78, 5) is 28.4.